The van der Waals surface area contributed by atoms with Crippen molar-refractivity contribution in [3.05, 3.63) is 35.6 Å². The molecule has 0 bridgehead atoms. The zero-order valence-electron chi connectivity index (χ0n) is 8.61. The highest BCUT2D eigenvalue weighted by Crippen LogP contribution is 2.25. The second-order valence-corrected chi connectivity index (χ2v) is 3.92. The lowest BCUT2D eigenvalue weighted by Gasteiger charge is -2.10. The first-order chi connectivity index (χ1) is 7.20. The molecular weight excluding hydrogens is 210 g/mol. The largest absolute Gasteiger partial charge is 0.260 e. The van der Waals surface area contributed by atoms with Gasteiger partial charge in [-0.25, -0.2) is 0 Å². The van der Waals surface area contributed by atoms with Crippen molar-refractivity contribution in [2.75, 3.05) is 0 Å². The first-order valence-corrected chi connectivity index (χ1v) is 5.14. The molecule has 0 aromatic carbocycles. The zero-order valence-corrected chi connectivity index (χ0v) is 9.36. The number of hydrogen-bond acceptors (Lipinski definition) is 2. The maximum atomic E-state index is 6.07. The quantitative estimate of drug-likeness (QED) is 0.779. The summed E-state index contributed by atoms with van der Waals surface area (Å²) in [6.07, 6.45) is 3.35. The fraction of sp³-hybridized carbons (Fsp3) is 0.273. The van der Waals surface area contributed by atoms with E-state index in [1.807, 2.05) is 16.8 Å². The van der Waals surface area contributed by atoms with E-state index in [-0.39, 0.29) is 6.04 Å². The van der Waals surface area contributed by atoms with Gasteiger partial charge in [0, 0.05) is 18.3 Å². The Kier molecular flexibility index (Phi) is 2.73. The molecule has 0 spiro atoms. The summed E-state index contributed by atoms with van der Waals surface area (Å²) in [6.45, 7) is 4.11. The van der Waals surface area contributed by atoms with Gasteiger partial charge in [-0.05, 0) is 26.0 Å². The fourth-order valence-corrected chi connectivity index (χ4v) is 1.62. The van der Waals surface area contributed by atoms with Crippen molar-refractivity contribution in [3.63, 3.8) is 0 Å². The molecule has 0 amide bonds. The summed E-state index contributed by atoms with van der Waals surface area (Å²) in [7, 11) is 0. The number of pyridine rings is 1. The lowest BCUT2D eigenvalue weighted by molar-refractivity contribution is 0.538. The monoisotopic (exact) mass is 220 g/mol. The number of hydrogen-bond donors (Lipinski definition) is 0. The third kappa shape index (κ3) is 1.88. The minimum Gasteiger partial charge on any atom is -0.260 e. The van der Waals surface area contributed by atoms with Crippen molar-refractivity contribution >= 4 is 11.6 Å². The Morgan fingerprint density at radius 3 is 2.93 bits per heavy atom. The molecule has 0 aliphatic carbocycles. The van der Waals surface area contributed by atoms with E-state index >= 15 is 0 Å². The van der Waals surface area contributed by atoms with Crippen LogP contribution in [0.5, 0.6) is 0 Å². The highest BCUT2D eigenvalue weighted by molar-refractivity contribution is 6.32. The molecule has 2 aromatic heterocycles. The van der Waals surface area contributed by atoms with Gasteiger partial charge >= 0.3 is 0 Å². The third-order valence-corrected chi connectivity index (χ3v) is 2.39. The molecule has 0 unspecified atom stereocenters. The van der Waals surface area contributed by atoms with Crippen LogP contribution < -0.4 is 0 Å². The van der Waals surface area contributed by atoms with Gasteiger partial charge in [0.1, 0.15) is 5.69 Å². The minimum absolute atomic E-state index is 0.268. The summed E-state index contributed by atoms with van der Waals surface area (Å²) >= 11 is 6.07. The van der Waals surface area contributed by atoms with Gasteiger partial charge in [-0.15, -0.1) is 0 Å². The Hall–Kier alpha value is -1.35. The Morgan fingerprint density at radius 2 is 2.27 bits per heavy atom. The summed E-state index contributed by atoms with van der Waals surface area (Å²) in [5.41, 5.74) is 1.56. The molecule has 0 saturated heterocycles. The molecule has 0 saturated carbocycles. The van der Waals surface area contributed by atoms with Gasteiger partial charge in [0.25, 0.3) is 0 Å². The first-order valence-electron chi connectivity index (χ1n) is 4.76. The molecule has 2 rings (SSSR count). The number of halogens is 1. The SMILES string of the molecule is CC(C)n1nc[c]c1-c1ncccc1Cl. The zero-order chi connectivity index (χ0) is 10.8. The Labute approximate surface area is 93.7 Å². The normalized spacial score (nSPS) is 10.9. The van der Waals surface area contributed by atoms with E-state index in [4.69, 9.17) is 11.6 Å². The Morgan fingerprint density at radius 1 is 1.47 bits per heavy atom. The standard InChI is InChI=1S/C11H11ClN3/c1-8(2)15-10(5-7-14-15)11-9(12)4-3-6-13-11/h3-4,6-8H,1-2H3. The van der Waals surface area contributed by atoms with Crippen molar-refractivity contribution in [1.29, 1.82) is 0 Å². The average molecular weight is 221 g/mol. The van der Waals surface area contributed by atoms with Crippen LogP contribution in [-0.2, 0) is 0 Å². The molecule has 3 nitrogen and oxygen atoms in total. The van der Waals surface area contributed by atoms with Crippen molar-refractivity contribution < 1.29 is 0 Å². The van der Waals surface area contributed by atoms with Crippen LogP contribution >= 0.6 is 11.6 Å². The number of aromatic nitrogens is 3. The van der Waals surface area contributed by atoms with Crippen molar-refractivity contribution in [2.45, 2.75) is 19.9 Å². The van der Waals surface area contributed by atoms with E-state index in [0.717, 1.165) is 11.4 Å². The van der Waals surface area contributed by atoms with Crippen LogP contribution in [0.3, 0.4) is 0 Å². The van der Waals surface area contributed by atoms with E-state index in [2.05, 4.69) is 30.0 Å². The molecule has 2 heterocycles. The Bertz CT molecular complexity index is 462. The maximum Gasteiger partial charge on any atom is 0.107 e. The predicted molar refractivity (Wildman–Crippen MR) is 59.7 cm³/mol. The van der Waals surface area contributed by atoms with Gasteiger partial charge in [0.05, 0.1) is 16.9 Å². The van der Waals surface area contributed by atoms with Crippen LogP contribution in [0.1, 0.15) is 19.9 Å². The molecule has 77 valence electrons. The van der Waals surface area contributed by atoms with Crippen LogP contribution in [0.15, 0.2) is 24.5 Å². The van der Waals surface area contributed by atoms with E-state index in [1.54, 1.807) is 12.4 Å². The molecule has 2 aromatic rings. The van der Waals surface area contributed by atoms with Gasteiger partial charge in [-0.2, -0.15) is 5.10 Å². The average Bonchev–Trinajstić information content (AvgIpc) is 2.67. The van der Waals surface area contributed by atoms with Crippen LogP contribution in [0, 0.1) is 6.07 Å². The molecule has 1 radical (unpaired) electrons. The summed E-state index contributed by atoms with van der Waals surface area (Å²) in [5, 5.41) is 4.82. The van der Waals surface area contributed by atoms with Crippen molar-refractivity contribution in [1.82, 2.24) is 14.8 Å². The van der Waals surface area contributed by atoms with Gasteiger partial charge < -0.3 is 0 Å². The first kappa shape index (κ1) is 10.2. The van der Waals surface area contributed by atoms with Crippen LogP contribution in [0.4, 0.5) is 0 Å². The molecule has 15 heavy (non-hydrogen) atoms. The summed E-state index contributed by atoms with van der Waals surface area (Å²) < 4.78 is 1.86. The van der Waals surface area contributed by atoms with Crippen LogP contribution in [-0.4, -0.2) is 14.8 Å². The van der Waals surface area contributed by atoms with E-state index in [9.17, 15) is 0 Å². The summed E-state index contributed by atoms with van der Waals surface area (Å²) in [4.78, 5) is 4.24. The van der Waals surface area contributed by atoms with Crippen LogP contribution in [0.2, 0.25) is 5.02 Å². The van der Waals surface area contributed by atoms with Gasteiger partial charge in [-0.1, -0.05) is 11.6 Å². The maximum absolute atomic E-state index is 6.07. The number of rotatable bonds is 2. The lowest BCUT2D eigenvalue weighted by atomic mass is 10.2. The second-order valence-electron chi connectivity index (χ2n) is 3.51. The van der Waals surface area contributed by atoms with Crippen LogP contribution in [0.25, 0.3) is 11.4 Å². The lowest BCUT2D eigenvalue weighted by Crippen LogP contribution is -2.05. The summed E-state index contributed by atoms with van der Waals surface area (Å²) in [5.74, 6) is 0. The topological polar surface area (TPSA) is 30.7 Å². The fourth-order valence-electron chi connectivity index (χ4n) is 1.40. The Balaban J connectivity index is 2.55. The van der Waals surface area contributed by atoms with Crippen molar-refractivity contribution in [3.8, 4) is 11.4 Å². The second kappa shape index (κ2) is 4.03. The van der Waals surface area contributed by atoms with E-state index < -0.39 is 0 Å². The van der Waals surface area contributed by atoms with Gasteiger partial charge in [0.2, 0.25) is 0 Å². The third-order valence-electron chi connectivity index (χ3n) is 2.08. The molecule has 0 N–H and O–H groups in total. The van der Waals surface area contributed by atoms with Gasteiger partial charge in [0.15, 0.2) is 0 Å². The van der Waals surface area contributed by atoms with Crippen molar-refractivity contribution in [2.24, 2.45) is 0 Å². The number of nitrogens with zero attached hydrogens (tertiary/aromatic N) is 3. The molecule has 0 atom stereocenters. The molecular formula is C11H11ClN3. The summed E-state index contributed by atoms with van der Waals surface area (Å²) in [6, 6.07) is 6.94. The van der Waals surface area contributed by atoms with Gasteiger partial charge in [-0.3, -0.25) is 9.67 Å². The molecule has 0 fully saturated rings. The smallest absolute Gasteiger partial charge is 0.107 e. The van der Waals surface area contributed by atoms with E-state index in [0.29, 0.717) is 5.02 Å². The van der Waals surface area contributed by atoms with E-state index in [1.165, 1.54) is 0 Å². The molecule has 0 aliphatic heterocycles. The highest BCUT2D eigenvalue weighted by atomic mass is 35.5. The molecule has 0 aliphatic rings. The minimum atomic E-state index is 0.268. The predicted octanol–water partition coefficient (Wildman–Crippen LogP) is 2.98. The highest BCUT2D eigenvalue weighted by Gasteiger charge is 2.12. The molecule has 4 heteroatoms.